The number of fused-ring (bicyclic) bond motifs is 3. The van der Waals surface area contributed by atoms with Gasteiger partial charge in [0.1, 0.15) is 22.7 Å². The first kappa shape index (κ1) is 20.8. The lowest BCUT2D eigenvalue weighted by molar-refractivity contribution is 0.0703. The molecule has 0 saturated carbocycles. The Morgan fingerprint density at radius 3 is 2.46 bits per heavy atom. The van der Waals surface area contributed by atoms with Crippen LogP contribution in [0.3, 0.4) is 0 Å². The summed E-state index contributed by atoms with van der Waals surface area (Å²) in [6.45, 7) is 1.76. The van der Waals surface area contributed by atoms with Gasteiger partial charge in [0, 0.05) is 27.8 Å². The van der Waals surface area contributed by atoms with Gasteiger partial charge in [-0.25, -0.2) is 9.59 Å². The smallest absolute Gasteiger partial charge is 0.379 e. The first-order valence-corrected chi connectivity index (χ1v) is 10.9. The molecule has 0 saturated heterocycles. The molecule has 172 valence electrons. The van der Waals surface area contributed by atoms with Crippen LogP contribution in [0.25, 0.3) is 44.2 Å². The average Bonchev–Trinajstić information content (AvgIpc) is 3.48. The molecule has 7 heteroatoms. The Morgan fingerprint density at radius 2 is 1.63 bits per heavy atom. The van der Waals surface area contributed by atoms with E-state index in [9.17, 15) is 9.59 Å². The molecule has 3 aromatic heterocycles. The van der Waals surface area contributed by atoms with Crippen molar-refractivity contribution in [1.82, 2.24) is 0 Å². The quantitative estimate of drug-likeness (QED) is 0.167. The van der Waals surface area contributed by atoms with Gasteiger partial charge in [-0.2, -0.15) is 0 Å². The number of carbonyl (C=O) groups excluding carboxylic acids is 1. The predicted molar refractivity (Wildman–Crippen MR) is 130 cm³/mol. The first-order valence-electron chi connectivity index (χ1n) is 10.9. The number of esters is 1. The number of hydrogen-bond acceptors (Lipinski definition) is 7. The third-order valence-electron chi connectivity index (χ3n) is 5.86. The van der Waals surface area contributed by atoms with Gasteiger partial charge in [0.2, 0.25) is 5.76 Å². The largest absolute Gasteiger partial charge is 0.493 e. The molecule has 0 amide bonds. The molecule has 0 radical (unpaired) electrons. The monoisotopic (exact) mass is 466 g/mol. The van der Waals surface area contributed by atoms with Crippen molar-refractivity contribution < 1.29 is 27.5 Å². The highest BCUT2D eigenvalue weighted by molar-refractivity contribution is 5.98. The van der Waals surface area contributed by atoms with Crippen LogP contribution in [0.4, 0.5) is 0 Å². The minimum absolute atomic E-state index is 0.0925. The fourth-order valence-corrected chi connectivity index (χ4v) is 4.17. The summed E-state index contributed by atoms with van der Waals surface area (Å²) >= 11 is 0. The number of methoxy groups -OCH3 is 1. The molecule has 0 aliphatic carbocycles. The third-order valence-corrected chi connectivity index (χ3v) is 5.86. The van der Waals surface area contributed by atoms with E-state index in [-0.39, 0.29) is 5.76 Å². The van der Waals surface area contributed by atoms with Crippen LogP contribution in [0.15, 0.2) is 90.8 Å². The highest BCUT2D eigenvalue weighted by Crippen LogP contribution is 2.37. The van der Waals surface area contributed by atoms with Crippen molar-refractivity contribution in [3.05, 3.63) is 94.5 Å². The molecule has 0 fully saturated rings. The molecule has 6 rings (SSSR count). The van der Waals surface area contributed by atoms with Crippen molar-refractivity contribution in [2.45, 2.75) is 6.92 Å². The van der Waals surface area contributed by atoms with E-state index in [0.29, 0.717) is 50.5 Å². The number of carbonyl (C=O) groups is 1. The summed E-state index contributed by atoms with van der Waals surface area (Å²) in [6, 6.07) is 21.0. The average molecular weight is 466 g/mol. The number of benzene rings is 3. The van der Waals surface area contributed by atoms with Crippen LogP contribution < -0.4 is 15.1 Å². The molecular weight excluding hydrogens is 448 g/mol. The standard InChI is InChI=1S/C28H18O7/c1-15-10-23-18(13-22(15)35-28(30)25-11-16-6-3-4-8-20(16)32-25)19(14-26(29)33-23)24-12-17-7-5-9-21(31-2)27(17)34-24/h3-14H,1-2H3. The Morgan fingerprint density at radius 1 is 0.800 bits per heavy atom. The van der Waals surface area contributed by atoms with E-state index in [4.69, 9.17) is 22.7 Å². The maximum Gasteiger partial charge on any atom is 0.379 e. The van der Waals surface area contributed by atoms with E-state index < -0.39 is 11.6 Å². The predicted octanol–water partition coefficient (Wildman–Crippen LogP) is 6.49. The molecule has 0 unspecified atom stereocenters. The van der Waals surface area contributed by atoms with Gasteiger partial charge in [0.25, 0.3) is 0 Å². The summed E-state index contributed by atoms with van der Waals surface area (Å²) < 4.78 is 28.2. The minimum Gasteiger partial charge on any atom is -0.493 e. The molecule has 0 spiro atoms. The van der Waals surface area contributed by atoms with E-state index >= 15 is 0 Å². The maximum atomic E-state index is 12.8. The van der Waals surface area contributed by atoms with Crippen LogP contribution in [0.2, 0.25) is 0 Å². The second-order valence-electron chi connectivity index (χ2n) is 8.12. The second kappa shape index (κ2) is 7.92. The number of hydrogen-bond donors (Lipinski definition) is 0. The van der Waals surface area contributed by atoms with Crippen molar-refractivity contribution in [3.63, 3.8) is 0 Å². The maximum absolute atomic E-state index is 12.8. The van der Waals surface area contributed by atoms with Crippen LogP contribution in [0.5, 0.6) is 11.5 Å². The molecular formula is C28H18O7. The van der Waals surface area contributed by atoms with Gasteiger partial charge in [0.15, 0.2) is 11.3 Å². The van der Waals surface area contributed by atoms with Gasteiger partial charge >= 0.3 is 11.6 Å². The summed E-state index contributed by atoms with van der Waals surface area (Å²) in [5.41, 5.74) is 2.12. The molecule has 7 nitrogen and oxygen atoms in total. The third kappa shape index (κ3) is 3.54. The number of rotatable bonds is 4. The fraction of sp³-hybridized carbons (Fsp3) is 0.0714. The zero-order chi connectivity index (χ0) is 24.1. The molecule has 0 atom stereocenters. The van der Waals surface area contributed by atoms with E-state index in [0.717, 1.165) is 10.8 Å². The van der Waals surface area contributed by atoms with Crippen LogP contribution in [0.1, 0.15) is 16.1 Å². The van der Waals surface area contributed by atoms with Crippen LogP contribution in [-0.2, 0) is 0 Å². The van der Waals surface area contributed by atoms with Gasteiger partial charge in [-0.1, -0.05) is 30.3 Å². The van der Waals surface area contributed by atoms with Crippen molar-refractivity contribution in [2.24, 2.45) is 0 Å². The molecule has 3 aromatic carbocycles. The Balaban J connectivity index is 1.46. The summed E-state index contributed by atoms with van der Waals surface area (Å²) in [7, 11) is 1.56. The van der Waals surface area contributed by atoms with E-state index in [2.05, 4.69) is 0 Å². The topological polar surface area (TPSA) is 92.0 Å². The van der Waals surface area contributed by atoms with Crippen molar-refractivity contribution in [2.75, 3.05) is 7.11 Å². The van der Waals surface area contributed by atoms with E-state index in [1.807, 2.05) is 36.4 Å². The van der Waals surface area contributed by atoms with Crippen LogP contribution >= 0.6 is 0 Å². The Labute approximate surface area is 198 Å². The lowest BCUT2D eigenvalue weighted by Crippen LogP contribution is -2.08. The Kier molecular flexibility index (Phi) is 4.70. The second-order valence-corrected chi connectivity index (χ2v) is 8.12. The van der Waals surface area contributed by atoms with Crippen molar-refractivity contribution >= 4 is 38.9 Å². The Hall–Kier alpha value is -4.78. The zero-order valence-corrected chi connectivity index (χ0v) is 18.8. The number of aryl methyl sites for hydroxylation is 1. The van der Waals surface area contributed by atoms with Gasteiger partial charge in [-0.15, -0.1) is 0 Å². The summed E-state index contributed by atoms with van der Waals surface area (Å²) in [5, 5.41) is 2.18. The van der Waals surface area contributed by atoms with Crippen LogP contribution in [-0.4, -0.2) is 13.1 Å². The van der Waals surface area contributed by atoms with E-state index in [1.54, 1.807) is 44.4 Å². The fourth-order valence-electron chi connectivity index (χ4n) is 4.17. The normalized spacial score (nSPS) is 11.4. The van der Waals surface area contributed by atoms with Crippen LogP contribution in [0, 0.1) is 6.92 Å². The zero-order valence-electron chi connectivity index (χ0n) is 18.8. The summed E-state index contributed by atoms with van der Waals surface area (Å²) in [6.07, 6.45) is 0. The van der Waals surface area contributed by atoms with Gasteiger partial charge in [-0.3, -0.25) is 0 Å². The highest BCUT2D eigenvalue weighted by Gasteiger charge is 2.19. The first-order chi connectivity index (χ1) is 17.0. The molecule has 35 heavy (non-hydrogen) atoms. The molecule has 6 aromatic rings. The summed E-state index contributed by atoms with van der Waals surface area (Å²) in [5.74, 6) is 0.816. The number of para-hydroxylation sites is 2. The van der Waals surface area contributed by atoms with Crippen molar-refractivity contribution in [1.29, 1.82) is 0 Å². The van der Waals surface area contributed by atoms with Crippen molar-refractivity contribution in [3.8, 4) is 22.8 Å². The Bertz CT molecular complexity index is 1780. The molecule has 3 heterocycles. The molecule has 0 aliphatic rings. The number of ether oxygens (including phenoxy) is 2. The number of furan rings is 2. The minimum atomic E-state index is -0.629. The van der Waals surface area contributed by atoms with E-state index in [1.165, 1.54) is 6.07 Å². The van der Waals surface area contributed by atoms with Gasteiger partial charge < -0.3 is 22.7 Å². The summed E-state index contributed by atoms with van der Waals surface area (Å²) in [4.78, 5) is 25.2. The molecule has 0 N–H and O–H groups in total. The highest BCUT2D eigenvalue weighted by atomic mass is 16.5. The SMILES string of the molecule is COc1cccc2cc(-c3cc(=O)oc4cc(C)c(OC(=O)c5cc6ccccc6o5)cc34)oc12. The molecule has 0 aliphatic heterocycles. The van der Waals surface area contributed by atoms with Gasteiger partial charge in [-0.05, 0) is 48.9 Å². The lowest BCUT2D eigenvalue weighted by Gasteiger charge is -2.09. The molecule has 0 bridgehead atoms. The lowest BCUT2D eigenvalue weighted by atomic mass is 10.0. The van der Waals surface area contributed by atoms with Gasteiger partial charge in [0.05, 0.1) is 7.11 Å².